The highest BCUT2D eigenvalue weighted by atomic mass is 16.7. The van der Waals surface area contributed by atoms with Crippen LogP contribution in [-0.4, -0.2) is 42.8 Å². The summed E-state index contributed by atoms with van der Waals surface area (Å²) in [4.78, 5) is 26.5. The Kier molecular flexibility index (Phi) is 5.32. The lowest BCUT2D eigenvalue weighted by molar-refractivity contribution is -0.151. The molecule has 2 fully saturated rings. The van der Waals surface area contributed by atoms with Crippen molar-refractivity contribution < 1.29 is 23.8 Å². The van der Waals surface area contributed by atoms with Gasteiger partial charge >= 0.3 is 5.97 Å². The summed E-state index contributed by atoms with van der Waals surface area (Å²) < 4.78 is 15.8. The summed E-state index contributed by atoms with van der Waals surface area (Å²) in [5.74, 6) is 1.39. The number of piperidine rings is 1. The second-order valence-corrected chi connectivity index (χ2v) is 7.39. The molecule has 0 bridgehead atoms. The van der Waals surface area contributed by atoms with Crippen LogP contribution in [0.2, 0.25) is 0 Å². The minimum Gasteiger partial charge on any atom is -0.454 e. The molecule has 27 heavy (non-hydrogen) atoms. The van der Waals surface area contributed by atoms with Crippen molar-refractivity contribution in [2.24, 2.45) is 5.92 Å². The molecule has 3 aliphatic rings. The predicted molar refractivity (Wildman–Crippen MR) is 99.3 cm³/mol. The molecule has 1 aromatic rings. The molecule has 2 atom stereocenters. The van der Waals surface area contributed by atoms with Crippen LogP contribution in [-0.2, 0) is 14.3 Å². The maximum Gasteiger partial charge on any atom is 0.331 e. The van der Waals surface area contributed by atoms with Gasteiger partial charge < -0.3 is 19.1 Å². The van der Waals surface area contributed by atoms with Crippen LogP contribution in [0.4, 0.5) is 0 Å². The third-order valence-electron chi connectivity index (χ3n) is 5.71. The fourth-order valence-corrected chi connectivity index (χ4v) is 4.38. The Morgan fingerprint density at radius 3 is 2.85 bits per heavy atom. The van der Waals surface area contributed by atoms with Crippen molar-refractivity contribution in [3.8, 4) is 11.5 Å². The molecule has 0 radical (unpaired) electrons. The molecule has 0 unspecified atom stereocenters. The normalized spacial score (nSPS) is 23.9. The maximum atomic E-state index is 12.6. The Morgan fingerprint density at radius 2 is 1.93 bits per heavy atom. The average molecular weight is 371 g/mol. The lowest BCUT2D eigenvalue weighted by atomic mass is 9.78. The number of likely N-dealkylation sites (tertiary alicyclic amines) is 1. The first-order valence-corrected chi connectivity index (χ1v) is 9.75. The second-order valence-electron chi connectivity index (χ2n) is 7.39. The quantitative estimate of drug-likeness (QED) is 0.601. The van der Waals surface area contributed by atoms with Crippen molar-refractivity contribution in [2.45, 2.75) is 44.6 Å². The molecule has 6 nitrogen and oxygen atoms in total. The Labute approximate surface area is 159 Å². The molecule has 2 heterocycles. The summed E-state index contributed by atoms with van der Waals surface area (Å²) in [5.41, 5.74) is 0.809. The third kappa shape index (κ3) is 4.10. The van der Waals surface area contributed by atoms with Gasteiger partial charge in [0.15, 0.2) is 18.1 Å². The van der Waals surface area contributed by atoms with Gasteiger partial charge in [0.05, 0.1) is 0 Å². The number of fused-ring (bicyclic) bond motifs is 2. The minimum atomic E-state index is -0.516. The molecule has 4 rings (SSSR count). The maximum absolute atomic E-state index is 12.6. The molecule has 0 spiro atoms. The Balaban J connectivity index is 1.29. The highest BCUT2D eigenvalue weighted by Crippen LogP contribution is 2.35. The van der Waals surface area contributed by atoms with Crippen molar-refractivity contribution >= 4 is 18.0 Å². The minimum absolute atomic E-state index is 0.0728. The molecule has 1 aliphatic carbocycles. The summed E-state index contributed by atoms with van der Waals surface area (Å²) in [7, 11) is 0. The van der Waals surface area contributed by atoms with Crippen molar-refractivity contribution in [2.75, 3.05) is 19.9 Å². The first-order chi connectivity index (χ1) is 13.2. The van der Waals surface area contributed by atoms with E-state index in [4.69, 9.17) is 14.2 Å². The van der Waals surface area contributed by atoms with Gasteiger partial charge in [-0.1, -0.05) is 18.9 Å². The lowest BCUT2D eigenvalue weighted by Crippen LogP contribution is -2.50. The van der Waals surface area contributed by atoms with E-state index in [0.29, 0.717) is 23.5 Å². The van der Waals surface area contributed by atoms with Crippen LogP contribution in [0.5, 0.6) is 11.5 Å². The van der Waals surface area contributed by atoms with E-state index >= 15 is 0 Å². The summed E-state index contributed by atoms with van der Waals surface area (Å²) >= 11 is 0. The van der Waals surface area contributed by atoms with Crippen LogP contribution in [0.15, 0.2) is 24.3 Å². The molecule has 144 valence electrons. The number of carbonyl (C=O) groups excluding carboxylic acids is 2. The molecule has 1 aromatic carbocycles. The van der Waals surface area contributed by atoms with E-state index in [-0.39, 0.29) is 19.3 Å². The SMILES string of the molecule is O=C(/C=C/c1ccc2c(c1)OCO2)OCC(=O)N1CCC[C@H]2CCCC[C@H]21. The monoisotopic (exact) mass is 371 g/mol. The summed E-state index contributed by atoms with van der Waals surface area (Å²) in [5, 5.41) is 0. The smallest absolute Gasteiger partial charge is 0.331 e. The lowest BCUT2D eigenvalue weighted by Gasteiger charge is -2.44. The number of benzene rings is 1. The van der Waals surface area contributed by atoms with Gasteiger partial charge in [-0.05, 0) is 55.4 Å². The van der Waals surface area contributed by atoms with Crippen LogP contribution < -0.4 is 9.47 Å². The van der Waals surface area contributed by atoms with Crippen LogP contribution in [0.3, 0.4) is 0 Å². The van der Waals surface area contributed by atoms with E-state index < -0.39 is 5.97 Å². The second kappa shape index (κ2) is 8.03. The summed E-state index contributed by atoms with van der Waals surface area (Å²) in [6.07, 6.45) is 9.99. The van der Waals surface area contributed by atoms with E-state index in [9.17, 15) is 9.59 Å². The summed E-state index contributed by atoms with van der Waals surface area (Å²) in [6.45, 7) is 0.809. The third-order valence-corrected chi connectivity index (χ3v) is 5.71. The van der Waals surface area contributed by atoms with Gasteiger partial charge in [0.1, 0.15) is 0 Å². The summed E-state index contributed by atoms with van der Waals surface area (Å²) in [6, 6.07) is 5.77. The molecule has 1 saturated heterocycles. The number of hydrogen-bond donors (Lipinski definition) is 0. The van der Waals surface area contributed by atoms with E-state index in [1.165, 1.54) is 31.8 Å². The topological polar surface area (TPSA) is 65.1 Å². The highest BCUT2D eigenvalue weighted by molar-refractivity contribution is 5.89. The molecule has 2 aliphatic heterocycles. The standard InChI is InChI=1S/C21H25NO5/c23-20(22-11-3-5-16-4-1-2-6-17(16)22)13-25-21(24)10-8-15-7-9-18-19(12-15)27-14-26-18/h7-10,12,16-17H,1-6,11,13-14H2/b10-8+/t16-,17-/m1/s1. The van der Waals surface area contributed by atoms with Crippen LogP contribution >= 0.6 is 0 Å². The van der Waals surface area contributed by atoms with E-state index in [2.05, 4.69) is 0 Å². The van der Waals surface area contributed by atoms with Gasteiger partial charge in [0.25, 0.3) is 5.91 Å². The molecule has 0 N–H and O–H groups in total. The zero-order chi connectivity index (χ0) is 18.6. The number of ether oxygens (including phenoxy) is 3. The van der Waals surface area contributed by atoms with Gasteiger partial charge in [0, 0.05) is 18.7 Å². The fraction of sp³-hybridized carbons (Fsp3) is 0.524. The van der Waals surface area contributed by atoms with Crippen molar-refractivity contribution in [1.29, 1.82) is 0 Å². The van der Waals surface area contributed by atoms with Crippen LogP contribution in [0, 0.1) is 5.92 Å². The van der Waals surface area contributed by atoms with E-state index in [1.54, 1.807) is 18.2 Å². The molecule has 6 heteroatoms. The zero-order valence-corrected chi connectivity index (χ0v) is 15.4. The number of hydrogen-bond acceptors (Lipinski definition) is 5. The molecule has 1 amide bonds. The van der Waals surface area contributed by atoms with Crippen LogP contribution in [0.1, 0.15) is 44.1 Å². The van der Waals surface area contributed by atoms with Gasteiger partial charge in [-0.15, -0.1) is 0 Å². The molecular formula is C21H25NO5. The van der Waals surface area contributed by atoms with Crippen LogP contribution in [0.25, 0.3) is 6.08 Å². The number of nitrogens with zero attached hydrogens (tertiary/aromatic N) is 1. The van der Waals surface area contributed by atoms with Gasteiger partial charge in [-0.2, -0.15) is 0 Å². The van der Waals surface area contributed by atoms with E-state index in [0.717, 1.165) is 24.9 Å². The molecule has 1 saturated carbocycles. The first-order valence-electron chi connectivity index (χ1n) is 9.75. The average Bonchev–Trinajstić information content (AvgIpc) is 3.18. The van der Waals surface area contributed by atoms with Crippen molar-refractivity contribution in [1.82, 2.24) is 4.90 Å². The Bertz CT molecular complexity index is 742. The highest BCUT2D eigenvalue weighted by Gasteiger charge is 2.35. The Hall–Kier alpha value is -2.50. The largest absolute Gasteiger partial charge is 0.454 e. The van der Waals surface area contributed by atoms with Crippen molar-refractivity contribution in [3.63, 3.8) is 0 Å². The van der Waals surface area contributed by atoms with Gasteiger partial charge in [0.2, 0.25) is 6.79 Å². The van der Waals surface area contributed by atoms with E-state index in [1.807, 2.05) is 11.0 Å². The fourth-order valence-electron chi connectivity index (χ4n) is 4.38. The predicted octanol–water partition coefficient (Wildman–Crippen LogP) is 3.15. The number of esters is 1. The zero-order valence-electron chi connectivity index (χ0n) is 15.4. The van der Waals surface area contributed by atoms with Gasteiger partial charge in [-0.25, -0.2) is 4.79 Å². The molecular weight excluding hydrogens is 346 g/mol. The number of amides is 1. The first kappa shape index (κ1) is 17.9. The number of rotatable bonds is 4. The van der Waals surface area contributed by atoms with Gasteiger partial charge in [-0.3, -0.25) is 4.79 Å². The molecule has 0 aromatic heterocycles. The Morgan fingerprint density at radius 1 is 1.11 bits per heavy atom. The van der Waals surface area contributed by atoms with Crippen molar-refractivity contribution in [3.05, 3.63) is 29.8 Å². The number of carbonyl (C=O) groups is 2.